The van der Waals surface area contributed by atoms with E-state index in [9.17, 15) is 0 Å². The Morgan fingerprint density at radius 2 is 1.88 bits per heavy atom. The molecule has 0 aliphatic carbocycles. The van der Waals surface area contributed by atoms with Crippen LogP contribution < -0.4 is 4.90 Å². The zero-order valence-electron chi connectivity index (χ0n) is 10.5. The Bertz CT molecular complexity index is 354. The summed E-state index contributed by atoms with van der Waals surface area (Å²) in [6.07, 6.45) is 0. The zero-order chi connectivity index (χ0) is 11.5. The number of rotatable bonds is 2. The van der Waals surface area contributed by atoms with Gasteiger partial charge in [-0.1, -0.05) is 26.0 Å². The Kier molecular flexibility index (Phi) is 3.80. The SMILES string of the molecule is Cc1ccc(C(C)C)cc1N1CCSCC1. The molecule has 0 spiro atoms. The molecule has 88 valence electrons. The van der Waals surface area contributed by atoms with E-state index in [1.54, 1.807) is 0 Å². The van der Waals surface area contributed by atoms with Gasteiger partial charge in [-0.15, -0.1) is 0 Å². The lowest BCUT2D eigenvalue weighted by Gasteiger charge is -2.30. The van der Waals surface area contributed by atoms with Crippen molar-refractivity contribution >= 4 is 17.4 Å². The van der Waals surface area contributed by atoms with Crippen molar-refractivity contribution in [2.75, 3.05) is 29.5 Å². The van der Waals surface area contributed by atoms with Gasteiger partial charge in [-0.2, -0.15) is 11.8 Å². The van der Waals surface area contributed by atoms with Crippen molar-refractivity contribution in [3.8, 4) is 0 Å². The molecular weight excluding hydrogens is 214 g/mol. The first-order chi connectivity index (χ1) is 7.68. The quantitative estimate of drug-likeness (QED) is 0.769. The molecule has 1 aromatic rings. The molecule has 0 unspecified atom stereocenters. The molecule has 1 heterocycles. The van der Waals surface area contributed by atoms with E-state index in [0.717, 1.165) is 0 Å². The molecule has 0 radical (unpaired) electrons. The van der Waals surface area contributed by atoms with Gasteiger partial charge in [0, 0.05) is 30.3 Å². The zero-order valence-corrected chi connectivity index (χ0v) is 11.3. The van der Waals surface area contributed by atoms with Gasteiger partial charge in [0.2, 0.25) is 0 Å². The first kappa shape index (κ1) is 11.8. The van der Waals surface area contributed by atoms with Gasteiger partial charge in [-0.3, -0.25) is 0 Å². The number of aryl methyl sites for hydroxylation is 1. The maximum atomic E-state index is 2.54. The second-order valence-electron chi connectivity index (χ2n) is 4.80. The van der Waals surface area contributed by atoms with Crippen LogP contribution in [0.2, 0.25) is 0 Å². The minimum Gasteiger partial charge on any atom is -0.370 e. The predicted molar refractivity (Wildman–Crippen MR) is 74.8 cm³/mol. The highest BCUT2D eigenvalue weighted by atomic mass is 32.2. The Hall–Kier alpha value is -0.630. The number of thioether (sulfide) groups is 1. The number of anilines is 1. The smallest absolute Gasteiger partial charge is 0.0399 e. The third-order valence-electron chi connectivity index (χ3n) is 3.25. The number of nitrogens with zero attached hydrogens (tertiary/aromatic N) is 1. The number of hydrogen-bond donors (Lipinski definition) is 0. The third kappa shape index (κ3) is 2.54. The highest BCUT2D eigenvalue weighted by Gasteiger charge is 2.14. The van der Waals surface area contributed by atoms with Crippen LogP contribution in [0.3, 0.4) is 0 Å². The summed E-state index contributed by atoms with van der Waals surface area (Å²) in [7, 11) is 0. The fourth-order valence-electron chi connectivity index (χ4n) is 2.13. The number of hydrogen-bond acceptors (Lipinski definition) is 2. The normalized spacial score (nSPS) is 16.9. The van der Waals surface area contributed by atoms with Gasteiger partial charge in [0.15, 0.2) is 0 Å². The van der Waals surface area contributed by atoms with Crippen LogP contribution in [-0.2, 0) is 0 Å². The molecular formula is C14H21NS. The van der Waals surface area contributed by atoms with E-state index >= 15 is 0 Å². The maximum Gasteiger partial charge on any atom is 0.0399 e. The molecule has 0 N–H and O–H groups in total. The standard InChI is InChI=1S/C14H21NS/c1-11(2)13-5-4-12(3)14(10-13)15-6-8-16-9-7-15/h4-5,10-11H,6-9H2,1-3H3. The van der Waals surface area contributed by atoms with Crippen LogP contribution in [0.4, 0.5) is 5.69 Å². The van der Waals surface area contributed by atoms with Crippen LogP contribution in [0.25, 0.3) is 0 Å². The van der Waals surface area contributed by atoms with Gasteiger partial charge in [0.1, 0.15) is 0 Å². The molecule has 1 aliphatic rings. The van der Waals surface area contributed by atoms with Crippen molar-refractivity contribution in [2.45, 2.75) is 26.7 Å². The summed E-state index contributed by atoms with van der Waals surface area (Å²) in [6.45, 7) is 9.16. The Labute approximate surface area is 103 Å². The van der Waals surface area contributed by atoms with E-state index in [-0.39, 0.29) is 0 Å². The highest BCUT2D eigenvalue weighted by molar-refractivity contribution is 7.99. The summed E-state index contributed by atoms with van der Waals surface area (Å²) in [5, 5.41) is 0. The second kappa shape index (κ2) is 5.13. The van der Waals surface area contributed by atoms with Crippen LogP contribution in [0.5, 0.6) is 0 Å². The molecule has 1 aliphatic heterocycles. The van der Waals surface area contributed by atoms with Crippen molar-refractivity contribution in [3.63, 3.8) is 0 Å². The minimum atomic E-state index is 0.624. The molecule has 0 atom stereocenters. The predicted octanol–water partition coefficient (Wildman–Crippen LogP) is 3.67. The van der Waals surface area contributed by atoms with E-state index in [1.807, 2.05) is 0 Å². The minimum absolute atomic E-state index is 0.624. The van der Waals surface area contributed by atoms with Gasteiger partial charge in [0.05, 0.1) is 0 Å². The van der Waals surface area contributed by atoms with Gasteiger partial charge < -0.3 is 4.90 Å². The molecule has 16 heavy (non-hydrogen) atoms. The fourth-order valence-corrected chi connectivity index (χ4v) is 3.03. The van der Waals surface area contributed by atoms with Crippen LogP contribution >= 0.6 is 11.8 Å². The maximum absolute atomic E-state index is 2.54. The van der Waals surface area contributed by atoms with Gasteiger partial charge in [-0.25, -0.2) is 0 Å². The summed E-state index contributed by atoms with van der Waals surface area (Å²) in [5.74, 6) is 3.16. The van der Waals surface area contributed by atoms with Crippen LogP contribution in [0.1, 0.15) is 30.9 Å². The fraction of sp³-hybridized carbons (Fsp3) is 0.571. The average molecular weight is 235 g/mol. The summed E-state index contributed by atoms with van der Waals surface area (Å²) < 4.78 is 0. The molecule has 2 heteroatoms. The van der Waals surface area contributed by atoms with Crippen molar-refractivity contribution in [3.05, 3.63) is 29.3 Å². The lowest BCUT2D eigenvalue weighted by atomic mass is 10.00. The first-order valence-electron chi connectivity index (χ1n) is 6.11. The second-order valence-corrected chi connectivity index (χ2v) is 6.02. The molecule has 2 rings (SSSR count). The molecule has 0 saturated carbocycles. The van der Waals surface area contributed by atoms with Crippen molar-refractivity contribution < 1.29 is 0 Å². The number of benzene rings is 1. The molecule has 1 nitrogen and oxygen atoms in total. The first-order valence-corrected chi connectivity index (χ1v) is 7.27. The molecule has 1 aromatic carbocycles. The summed E-state index contributed by atoms with van der Waals surface area (Å²) in [5.41, 5.74) is 4.32. The van der Waals surface area contributed by atoms with E-state index < -0.39 is 0 Å². The largest absolute Gasteiger partial charge is 0.370 e. The van der Waals surface area contributed by atoms with Gasteiger partial charge in [-0.05, 0) is 30.0 Å². The van der Waals surface area contributed by atoms with Crippen LogP contribution in [0.15, 0.2) is 18.2 Å². The van der Waals surface area contributed by atoms with Crippen molar-refractivity contribution in [2.24, 2.45) is 0 Å². The van der Waals surface area contributed by atoms with E-state index in [4.69, 9.17) is 0 Å². The topological polar surface area (TPSA) is 3.24 Å². The van der Waals surface area contributed by atoms with Crippen LogP contribution in [0, 0.1) is 6.92 Å². The van der Waals surface area contributed by atoms with Crippen molar-refractivity contribution in [1.29, 1.82) is 0 Å². The Morgan fingerprint density at radius 3 is 2.50 bits per heavy atom. The van der Waals surface area contributed by atoms with E-state index in [2.05, 4.69) is 55.6 Å². The third-order valence-corrected chi connectivity index (χ3v) is 4.19. The molecule has 0 bridgehead atoms. The Balaban J connectivity index is 2.27. The summed E-state index contributed by atoms with van der Waals surface area (Å²) >= 11 is 2.07. The van der Waals surface area contributed by atoms with E-state index in [0.29, 0.717) is 5.92 Å². The van der Waals surface area contributed by atoms with Crippen LogP contribution in [-0.4, -0.2) is 24.6 Å². The lowest BCUT2D eigenvalue weighted by molar-refractivity contribution is 0.837. The van der Waals surface area contributed by atoms with E-state index in [1.165, 1.54) is 41.4 Å². The lowest BCUT2D eigenvalue weighted by Crippen LogP contribution is -2.33. The summed E-state index contributed by atoms with van der Waals surface area (Å²) in [6, 6.07) is 6.92. The molecule has 0 aromatic heterocycles. The Morgan fingerprint density at radius 1 is 1.19 bits per heavy atom. The molecule has 1 fully saturated rings. The van der Waals surface area contributed by atoms with Gasteiger partial charge >= 0.3 is 0 Å². The highest BCUT2D eigenvalue weighted by Crippen LogP contribution is 2.27. The van der Waals surface area contributed by atoms with Crippen molar-refractivity contribution in [1.82, 2.24) is 0 Å². The van der Waals surface area contributed by atoms with Gasteiger partial charge in [0.25, 0.3) is 0 Å². The monoisotopic (exact) mass is 235 g/mol. The molecule has 1 saturated heterocycles. The average Bonchev–Trinajstić information content (AvgIpc) is 2.30. The summed E-state index contributed by atoms with van der Waals surface area (Å²) in [4.78, 5) is 2.54. The molecule has 0 amide bonds.